The minimum absolute atomic E-state index is 0.214. The molecule has 0 unspecified atom stereocenters. The standard InChI is InChI=1S/C15H19N3O3/c1-11(19)9-16-15(20)12-3-5-14(6-4-12)21-10-13-7-8-17-18(13)2/h3-8,11,19H,9-10H2,1-2H3,(H,16,20)/t11-/m0/s1. The van der Waals surface area contributed by atoms with Gasteiger partial charge < -0.3 is 15.2 Å². The zero-order valence-corrected chi connectivity index (χ0v) is 12.1. The van der Waals surface area contributed by atoms with Crippen LogP contribution >= 0.6 is 0 Å². The first kappa shape index (κ1) is 15.1. The van der Waals surface area contributed by atoms with Crippen LogP contribution in [0.1, 0.15) is 23.0 Å². The van der Waals surface area contributed by atoms with E-state index in [2.05, 4.69) is 10.4 Å². The molecule has 6 nitrogen and oxygen atoms in total. The van der Waals surface area contributed by atoms with Crippen LogP contribution in [-0.2, 0) is 13.7 Å². The molecule has 1 amide bonds. The number of aryl methyl sites for hydroxylation is 1. The van der Waals surface area contributed by atoms with E-state index in [1.54, 1.807) is 42.1 Å². The van der Waals surface area contributed by atoms with Gasteiger partial charge in [0.2, 0.25) is 0 Å². The summed E-state index contributed by atoms with van der Waals surface area (Å²) in [6, 6.07) is 8.76. The number of carbonyl (C=O) groups excluding carboxylic acids is 1. The van der Waals surface area contributed by atoms with Crippen LogP contribution in [0, 0.1) is 0 Å². The molecular formula is C15H19N3O3. The topological polar surface area (TPSA) is 76.4 Å². The Morgan fingerprint density at radius 3 is 2.67 bits per heavy atom. The third kappa shape index (κ3) is 4.32. The lowest BCUT2D eigenvalue weighted by Gasteiger charge is -2.09. The third-order valence-corrected chi connectivity index (χ3v) is 2.98. The number of hydrogen-bond acceptors (Lipinski definition) is 4. The first-order valence-electron chi connectivity index (χ1n) is 6.72. The van der Waals surface area contributed by atoms with Gasteiger partial charge in [0.25, 0.3) is 5.91 Å². The summed E-state index contributed by atoms with van der Waals surface area (Å²) in [5.74, 6) is 0.470. The maximum atomic E-state index is 11.8. The maximum Gasteiger partial charge on any atom is 0.251 e. The summed E-state index contributed by atoms with van der Waals surface area (Å²) in [5, 5.41) is 15.8. The first-order valence-corrected chi connectivity index (χ1v) is 6.72. The second-order valence-electron chi connectivity index (χ2n) is 4.82. The van der Waals surface area contributed by atoms with E-state index >= 15 is 0 Å². The minimum atomic E-state index is -0.560. The molecule has 0 bridgehead atoms. The molecule has 2 N–H and O–H groups in total. The Kier molecular flexibility index (Phi) is 4.94. The molecule has 0 saturated carbocycles. The Labute approximate surface area is 123 Å². The Morgan fingerprint density at radius 2 is 2.10 bits per heavy atom. The van der Waals surface area contributed by atoms with Gasteiger partial charge in [0.15, 0.2) is 0 Å². The molecule has 1 atom stereocenters. The zero-order chi connectivity index (χ0) is 15.2. The molecule has 1 heterocycles. The van der Waals surface area contributed by atoms with E-state index in [1.165, 1.54) is 0 Å². The van der Waals surface area contributed by atoms with Crippen molar-refractivity contribution in [3.63, 3.8) is 0 Å². The van der Waals surface area contributed by atoms with Crippen LogP contribution < -0.4 is 10.1 Å². The molecular weight excluding hydrogens is 270 g/mol. The Bertz CT molecular complexity index is 590. The predicted octanol–water partition coefficient (Wildman–Crippen LogP) is 1.11. The van der Waals surface area contributed by atoms with Gasteiger partial charge >= 0.3 is 0 Å². The number of ether oxygens (including phenoxy) is 1. The number of aliphatic hydroxyl groups is 1. The maximum absolute atomic E-state index is 11.8. The highest BCUT2D eigenvalue weighted by Gasteiger charge is 2.07. The van der Waals surface area contributed by atoms with Crippen molar-refractivity contribution in [1.82, 2.24) is 15.1 Å². The zero-order valence-electron chi connectivity index (χ0n) is 12.1. The van der Waals surface area contributed by atoms with Gasteiger partial charge in [-0.2, -0.15) is 5.10 Å². The minimum Gasteiger partial charge on any atom is -0.487 e. The smallest absolute Gasteiger partial charge is 0.251 e. The molecule has 2 rings (SSSR count). The molecule has 21 heavy (non-hydrogen) atoms. The molecule has 0 radical (unpaired) electrons. The molecule has 0 spiro atoms. The highest BCUT2D eigenvalue weighted by molar-refractivity contribution is 5.94. The summed E-state index contributed by atoms with van der Waals surface area (Å²) in [4.78, 5) is 11.8. The average molecular weight is 289 g/mol. The van der Waals surface area contributed by atoms with Crippen molar-refractivity contribution >= 4 is 5.91 Å². The Morgan fingerprint density at radius 1 is 1.38 bits per heavy atom. The summed E-state index contributed by atoms with van der Waals surface area (Å²) in [7, 11) is 1.86. The highest BCUT2D eigenvalue weighted by Crippen LogP contribution is 2.14. The van der Waals surface area contributed by atoms with Crippen LogP contribution in [0.4, 0.5) is 0 Å². The fourth-order valence-electron chi connectivity index (χ4n) is 1.75. The number of nitrogens with zero attached hydrogens (tertiary/aromatic N) is 2. The van der Waals surface area contributed by atoms with Gasteiger partial charge in [0, 0.05) is 25.4 Å². The summed E-state index contributed by atoms with van der Waals surface area (Å²) in [6.45, 7) is 2.28. The van der Waals surface area contributed by atoms with E-state index in [1.807, 2.05) is 13.1 Å². The van der Waals surface area contributed by atoms with Gasteiger partial charge in [0.05, 0.1) is 11.8 Å². The number of hydrogen-bond donors (Lipinski definition) is 2. The summed E-state index contributed by atoms with van der Waals surface area (Å²) >= 11 is 0. The first-order chi connectivity index (χ1) is 10.1. The van der Waals surface area contributed by atoms with Crippen molar-refractivity contribution in [3.8, 4) is 5.75 Å². The quantitative estimate of drug-likeness (QED) is 0.835. The lowest BCUT2D eigenvalue weighted by molar-refractivity contribution is 0.0924. The second kappa shape index (κ2) is 6.90. The van der Waals surface area contributed by atoms with E-state index < -0.39 is 6.10 Å². The molecule has 112 valence electrons. The summed E-state index contributed by atoms with van der Waals surface area (Å²) in [5.41, 5.74) is 1.50. The monoisotopic (exact) mass is 289 g/mol. The van der Waals surface area contributed by atoms with Gasteiger partial charge in [0.1, 0.15) is 12.4 Å². The fourth-order valence-corrected chi connectivity index (χ4v) is 1.75. The fraction of sp³-hybridized carbons (Fsp3) is 0.333. The van der Waals surface area contributed by atoms with Crippen molar-refractivity contribution in [2.75, 3.05) is 6.54 Å². The van der Waals surface area contributed by atoms with Crippen molar-refractivity contribution in [2.45, 2.75) is 19.6 Å². The molecule has 2 aromatic rings. The Hall–Kier alpha value is -2.34. The van der Waals surface area contributed by atoms with Crippen LogP contribution in [0.2, 0.25) is 0 Å². The van der Waals surface area contributed by atoms with Gasteiger partial charge in [-0.3, -0.25) is 9.48 Å². The van der Waals surface area contributed by atoms with Crippen LogP contribution in [0.5, 0.6) is 5.75 Å². The lowest BCUT2D eigenvalue weighted by Crippen LogP contribution is -2.30. The van der Waals surface area contributed by atoms with Crippen molar-refractivity contribution in [1.29, 1.82) is 0 Å². The molecule has 1 aromatic heterocycles. The summed E-state index contributed by atoms with van der Waals surface area (Å²) < 4.78 is 7.38. The van der Waals surface area contributed by atoms with Crippen LogP contribution in [0.3, 0.4) is 0 Å². The lowest BCUT2D eigenvalue weighted by atomic mass is 10.2. The van der Waals surface area contributed by atoms with Gasteiger partial charge in [-0.05, 0) is 37.3 Å². The second-order valence-corrected chi connectivity index (χ2v) is 4.82. The van der Waals surface area contributed by atoms with Crippen LogP contribution in [0.15, 0.2) is 36.5 Å². The summed E-state index contributed by atoms with van der Waals surface area (Å²) in [6.07, 6.45) is 1.16. The number of benzene rings is 1. The molecule has 1 aromatic carbocycles. The highest BCUT2D eigenvalue weighted by atomic mass is 16.5. The SMILES string of the molecule is C[C@H](O)CNC(=O)c1ccc(OCc2ccnn2C)cc1. The predicted molar refractivity (Wildman–Crippen MR) is 78.0 cm³/mol. The number of aliphatic hydroxyl groups excluding tert-OH is 1. The van der Waals surface area contributed by atoms with Crippen molar-refractivity contribution in [2.24, 2.45) is 7.05 Å². The van der Waals surface area contributed by atoms with Crippen LogP contribution in [-0.4, -0.2) is 33.4 Å². The van der Waals surface area contributed by atoms with E-state index in [-0.39, 0.29) is 12.5 Å². The molecule has 0 aliphatic rings. The molecule has 0 fully saturated rings. The number of rotatable bonds is 6. The van der Waals surface area contributed by atoms with E-state index in [4.69, 9.17) is 9.84 Å². The molecule has 0 aliphatic carbocycles. The Balaban J connectivity index is 1.89. The number of carbonyl (C=O) groups is 1. The van der Waals surface area contributed by atoms with Gasteiger partial charge in [-0.25, -0.2) is 0 Å². The third-order valence-electron chi connectivity index (χ3n) is 2.98. The van der Waals surface area contributed by atoms with E-state index in [9.17, 15) is 4.79 Å². The van der Waals surface area contributed by atoms with E-state index in [0.717, 1.165) is 5.69 Å². The van der Waals surface area contributed by atoms with Crippen molar-refractivity contribution in [3.05, 3.63) is 47.8 Å². The molecule has 0 saturated heterocycles. The number of aromatic nitrogens is 2. The van der Waals surface area contributed by atoms with Crippen molar-refractivity contribution < 1.29 is 14.6 Å². The number of nitrogens with one attached hydrogen (secondary N) is 1. The largest absolute Gasteiger partial charge is 0.487 e. The average Bonchev–Trinajstić information content (AvgIpc) is 2.88. The van der Waals surface area contributed by atoms with Crippen LogP contribution in [0.25, 0.3) is 0 Å². The molecule has 0 aliphatic heterocycles. The normalized spacial score (nSPS) is 12.0. The van der Waals surface area contributed by atoms with Gasteiger partial charge in [-0.1, -0.05) is 0 Å². The number of amides is 1. The molecule has 6 heteroatoms. The van der Waals surface area contributed by atoms with E-state index in [0.29, 0.717) is 17.9 Å². The van der Waals surface area contributed by atoms with Gasteiger partial charge in [-0.15, -0.1) is 0 Å².